The maximum absolute atomic E-state index is 12.3. The Morgan fingerprint density at radius 2 is 2.00 bits per heavy atom. The predicted molar refractivity (Wildman–Crippen MR) is 95.1 cm³/mol. The number of ether oxygens (including phenoxy) is 2. The number of carbonyl (C=O) groups excluding carboxylic acids is 2. The maximum Gasteiger partial charge on any atom is 0.340 e. The molecule has 132 valence electrons. The highest BCUT2D eigenvalue weighted by molar-refractivity contribution is 9.10. The predicted octanol–water partition coefficient (Wildman–Crippen LogP) is 3.70. The lowest BCUT2D eigenvalue weighted by Gasteiger charge is -2.30. The summed E-state index contributed by atoms with van der Waals surface area (Å²) >= 11 is 3.32. The molecule has 2 rings (SSSR count). The molecule has 1 fully saturated rings. The van der Waals surface area contributed by atoms with Crippen molar-refractivity contribution in [3.8, 4) is 5.75 Å². The van der Waals surface area contributed by atoms with Crippen LogP contribution in [0.1, 0.15) is 49.9 Å². The first-order valence-electron chi connectivity index (χ1n) is 8.27. The van der Waals surface area contributed by atoms with Crippen LogP contribution in [0, 0.1) is 5.92 Å². The molecular formula is C18H24BrNO4. The standard InChI is InChI=1S/C18H24BrNO4/c1-11-6-4-5-7-16(11)20-17(21)12(2)24-18(22)14-10-13(23-3)8-9-15(14)19/h8-12,16H,4-7H2,1-3H3,(H,20,21)/t11-,12+,16-/m0/s1. The summed E-state index contributed by atoms with van der Waals surface area (Å²) in [5.41, 5.74) is 0.333. The lowest BCUT2D eigenvalue weighted by Crippen LogP contribution is -2.46. The van der Waals surface area contributed by atoms with Crippen LogP contribution in [-0.2, 0) is 9.53 Å². The first-order valence-corrected chi connectivity index (χ1v) is 9.06. The average molecular weight is 398 g/mol. The molecule has 0 radical (unpaired) electrons. The molecule has 0 bridgehead atoms. The molecule has 3 atom stereocenters. The fraction of sp³-hybridized carbons (Fsp3) is 0.556. The van der Waals surface area contributed by atoms with Crippen LogP contribution in [0.3, 0.4) is 0 Å². The minimum Gasteiger partial charge on any atom is -0.497 e. The summed E-state index contributed by atoms with van der Waals surface area (Å²) in [6.45, 7) is 3.74. The normalized spacial score (nSPS) is 21.7. The number of halogens is 1. The van der Waals surface area contributed by atoms with Gasteiger partial charge in [0.25, 0.3) is 5.91 Å². The summed E-state index contributed by atoms with van der Waals surface area (Å²) in [5.74, 6) is 0.206. The van der Waals surface area contributed by atoms with E-state index in [1.54, 1.807) is 25.1 Å². The van der Waals surface area contributed by atoms with Crippen molar-refractivity contribution in [1.29, 1.82) is 0 Å². The van der Waals surface area contributed by atoms with Crippen molar-refractivity contribution in [2.45, 2.75) is 51.7 Å². The highest BCUT2D eigenvalue weighted by Crippen LogP contribution is 2.25. The van der Waals surface area contributed by atoms with Crippen LogP contribution in [-0.4, -0.2) is 31.1 Å². The van der Waals surface area contributed by atoms with Gasteiger partial charge in [-0.15, -0.1) is 0 Å². The smallest absolute Gasteiger partial charge is 0.340 e. The lowest BCUT2D eigenvalue weighted by atomic mass is 9.86. The molecular weight excluding hydrogens is 374 g/mol. The molecule has 1 aromatic carbocycles. The van der Waals surface area contributed by atoms with Gasteiger partial charge in [-0.25, -0.2) is 4.79 Å². The zero-order valence-corrected chi connectivity index (χ0v) is 15.9. The van der Waals surface area contributed by atoms with Gasteiger partial charge in [-0.3, -0.25) is 4.79 Å². The van der Waals surface area contributed by atoms with E-state index in [1.165, 1.54) is 13.5 Å². The largest absolute Gasteiger partial charge is 0.497 e. The van der Waals surface area contributed by atoms with Crippen LogP contribution >= 0.6 is 15.9 Å². The van der Waals surface area contributed by atoms with Crippen molar-refractivity contribution in [1.82, 2.24) is 5.32 Å². The molecule has 6 heteroatoms. The lowest BCUT2D eigenvalue weighted by molar-refractivity contribution is -0.130. The summed E-state index contributed by atoms with van der Waals surface area (Å²) in [5, 5.41) is 3.01. The Morgan fingerprint density at radius 3 is 2.67 bits per heavy atom. The molecule has 5 nitrogen and oxygen atoms in total. The van der Waals surface area contributed by atoms with Gasteiger partial charge >= 0.3 is 5.97 Å². The van der Waals surface area contributed by atoms with Crippen molar-refractivity contribution in [2.75, 3.05) is 7.11 Å². The topological polar surface area (TPSA) is 64.6 Å². The molecule has 0 saturated heterocycles. The van der Waals surface area contributed by atoms with E-state index < -0.39 is 12.1 Å². The number of nitrogens with one attached hydrogen (secondary N) is 1. The molecule has 1 aliphatic carbocycles. The number of hydrogen-bond acceptors (Lipinski definition) is 4. The molecule has 1 aromatic rings. The fourth-order valence-electron chi connectivity index (χ4n) is 2.90. The third-order valence-corrected chi connectivity index (χ3v) is 5.18. The van der Waals surface area contributed by atoms with E-state index in [-0.39, 0.29) is 11.9 Å². The Hall–Kier alpha value is -1.56. The van der Waals surface area contributed by atoms with Gasteiger partial charge < -0.3 is 14.8 Å². The van der Waals surface area contributed by atoms with Crippen molar-refractivity contribution < 1.29 is 19.1 Å². The number of amides is 1. The number of hydrogen-bond donors (Lipinski definition) is 1. The summed E-state index contributed by atoms with van der Waals surface area (Å²) in [6, 6.07) is 5.20. The Morgan fingerprint density at radius 1 is 1.29 bits per heavy atom. The van der Waals surface area contributed by atoms with Crippen LogP contribution in [0.15, 0.2) is 22.7 Å². The number of methoxy groups -OCH3 is 1. The third-order valence-electron chi connectivity index (χ3n) is 4.49. The zero-order chi connectivity index (χ0) is 17.7. The van der Waals surface area contributed by atoms with E-state index in [1.807, 2.05) is 0 Å². The summed E-state index contributed by atoms with van der Waals surface area (Å²) < 4.78 is 11.0. The molecule has 1 saturated carbocycles. The molecule has 1 aliphatic rings. The minimum absolute atomic E-state index is 0.163. The maximum atomic E-state index is 12.3. The quantitative estimate of drug-likeness (QED) is 0.769. The van der Waals surface area contributed by atoms with Gasteiger partial charge in [0.15, 0.2) is 6.10 Å². The fourth-order valence-corrected chi connectivity index (χ4v) is 3.30. The number of carbonyl (C=O) groups is 2. The van der Waals surface area contributed by atoms with E-state index in [9.17, 15) is 9.59 Å². The van der Waals surface area contributed by atoms with Crippen LogP contribution in [0.5, 0.6) is 5.75 Å². The van der Waals surface area contributed by atoms with Gasteiger partial charge in [-0.2, -0.15) is 0 Å². The van der Waals surface area contributed by atoms with Crippen molar-refractivity contribution in [3.05, 3.63) is 28.2 Å². The van der Waals surface area contributed by atoms with E-state index in [0.717, 1.165) is 19.3 Å². The Bertz CT molecular complexity index is 605. The highest BCUT2D eigenvalue weighted by atomic mass is 79.9. The van der Waals surface area contributed by atoms with Gasteiger partial charge in [0.05, 0.1) is 12.7 Å². The van der Waals surface area contributed by atoms with Gasteiger partial charge in [0.2, 0.25) is 0 Å². The van der Waals surface area contributed by atoms with Gasteiger partial charge in [-0.1, -0.05) is 19.8 Å². The second-order valence-corrected chi connectivity index (χ2v) is 7.12. The number of benzene rings is 1. The van der Waals surface area contributed by atoms with Gasteiger partial charge in [0, 0.05) is 10.5 Å². The Labute approximate surface area is 151 Å². The average Bonchev–Trinajstić information content (AvgIpc) is 2.57. The van der Waals surface area contributed by atoms with E-state index >= 15 is 0 Å². The number of rotatable bonds is 5. The second kappa shape index (κ2) is 8.51. The van der Waals surface area contributed by atoms with Gasteiger partial charge in [0.1, 0.15) is 5.75 Å². The van der Waals surface area contributed by atoms with Crippen LogP contribution in [0.25, 0.3) is 0 Å². The summed E-state index contributed by atoms with van der Waals surface area (Å²) in [4.78, 5) is 24.6. The van der Waals surface area contributed by atoms with Crippen LogP contribution < -0.4 is 10.1 Å². The molecule has 1 N–H and O–H groups in total. The molecule has 24 heavy (non-hydrogen) atoms. The molecule has 0 aliphatic heterocycles. The molecule has 1 amide bonds. The van der Waals surface area contributed by atoms with Crippen molar-refractivity contribution in [2.24, 2.45) is 5.92 Å². The van der Waals surface area contributed by atoms with E-state index in [0.29, 0.717) is 21.7 Å². The molecule has 0 spiro atoms. The summed E-state index contributed by atoms with van der Waals surface area (Å²) in [7, 11) is 1.53. The molecule has 0 unspecified atom stereocenters. The van der Waals surface area contributed by atoms with Crippen molar-refractivity contribution >= 4 is 27.8 Å². The van der Waals surface area contributed by atoms with Crippen LogP contribution in [0.2, 0.25) is 0 Å². The minimum atomic E-state index is -0.843. The second-order valence-electron chi connectivity index (χ2n) is 6.27. The zero-order valence-electron chi connectivity index (χ0n) is 14.3. The summed E-state index contributed by atoms with van der Waals surface area (Å²) in [6.07, 6.45) is 3.59. The van der Waals surface area contributed by atoms with E-state index in [4.69, 9.17) is 9.47 Å². The first kappa shape index (κ1) is 18.8. The Kier molecular flexibility index (Phi) is 6.66. The monoisotopic (exact) mass is 397 g/mol. The molecule has 0 aromatic heterocycles. The first-order chi connectivity index (χ1) is 11.4. The van der Waals surface area contributed by atoms with Gasteiger partial charge in [-0.05, 0) is 59.8 Å². The highest BCUT2D eigenvalue weighted by Gasteiger charge is 2.27. The molecule has 0 heterocycles. The van der Waals surface area contributed by atoms with E-state index in [2.05, 4.69) is 28.2 Å². The van der Waals surface area contributed by atoms with Crippen molar-refractivity contribution in [3.63, 3.8) is 0 Å². The Balaban J connectivity index is 1.96. The third kappa shape index (κ3) is 4.72. The SMILES string of the molecule is COc1ccc(Br)c(C(=O)O[C@H](C)C(=O)N[C@H]2CCCC[C@@H]2C)c1. The van der Waals surface area contributed by atoms with Crippen LogP contribution in [0.4, 0.5) is 0 Å². The number of esters is 1.